The second kappa shape index (κ2) is 10.7. The van der Waals surface area contributed by atoms with Gasteiger partial charge in [-0.25, -0.2) is 4.39 Å². The highest BCUT2D eigenvalue weighted by Crippen LogP contribution is 2.15. The van der Waals surface area contributed by atoms with E-state index in [0.717, 1.165) is 0 Å². The normalized spacial score (nSPS) is 10.5. The van der Waals surface area contributed by atoms with Crippen LogP contribution < -0.4 is 16.0 Å². The van der Waals surface area contributed by atoms with E-state index in [1.54, 1.807) is 24.3 Å². The molecule has 0 spiro atoms. The largest absolute Gasteiger partial charge is 0.332 e. The Kier molecular flexibility index (Phi) is 7.55. The topological polar surface area (TPSA) is 113 Å². The average Bonchev–Trinajstić information content (AvgIpc) is 2.79. The number of benzene rings is 3. The summed E-state index contributed by atoms with van der Waals surface area (Å²) in [4.78, 5) is 34.6. The predicted octanol–water partition coefficient (Wildman–Crippen LogP) is 4.51. The van der Waals surface area contributed by atoms with Gasteiger partial charge in [-0.2, -0.15) is 0 Å². The summed E-state index contributed by atoms with van der Waals surface area (Å²) in [5.41, 5.74) is 1.82. The molecule has 3 rings (SSSR count). The van der Waals surface area contributed by atoms with Crippen LogP contribution >= 0.6 is 12.2 Å². The molecule has 166 valence electrons. The van der Waals surface area contributed by atoms with E-state index >= 15 is 0 Å². The van der Waals surface area contributed by atoms with Crippen LogP contribution in [-0.4, -0.2) is 21.9 Å². The molecule has 0 aliphatic heterocycles. The Labute approximate surface area is 193 Å². The molecule has 10 heteroatoms. The molecule has 3 aromatic carbocycles. The van der Waals surface area contributed by atoms with Crippen LogP contribution in [0.1, 0.15) is 15.9 Å². The van der Waals surface area contributed by atoms with Crippen LogP contribution in [-0.2, 0) is 4.79 Å². The highest BCUT2D eigenvalue weighted by Gasteiger charge is 2.09. The average molecular weight is 464 g/mol. The number of nitrogens with zero attached hydrogens (tertiary/aromatic N) is 1. The maximum Gasteiger partial charge on any atom is 0.269 e. The Morgan fingerprint density at radius 2 is 1.64 bits per heavy atom. The second-order valence-corrected chi connectivity index (χ2v) is 7.08. The fraction of sp³-hybridized carbons (Fsp3) is 0. The minimum absolute atomic E-state index is 0.0180. The number of hydrogen-bond donors (Lipinski definition) is 3. The molecule has 33 heavy (non-hydrogen) atoms. The van der Waals surface area contributed by atoms with Crippen molar-refractivity contribution in [3.8, 4) is 0 Å². The van der Waals surface area contributed by atoms with Crippen molar-refractivity contribution in [1.29, 1.82) is 0 Å². The minimum atomic E-state index is -0.508. The van der Waals surface area contributed by atoms with Crippen LogP contribution in [0, 0.1) is 15.9 Å². The fourth-order valence-electron chi connectivity index (χ4n) is 2.67. The molecule has 0 heterocycles. The van der Waals surface area contributed by atoms with Crippen molar-refractivity contribution in [3.05, 3.63) is 106 Å². The molecule has 0 saturated carbocycles. The molecule has 0 saturated heterocycles. The van der Waals surface area contributed by atoms with Crippen LogP contribution in [0.25, 0.3) is 6.08 Å². The van der Waals surface area contributed by atoms with E-state index in [1.165, 1.54) is 60.7 Å². The number of nitro benzene ring substituents is 1. The van der Waals surface area contributed by atoms with Crippen molar-refractivity contribution in [3.63, 3.8) is 0 Å². The van der Waals surface area contributed by atoms with Crippen molar-refractivity contribution >= 4 is 52.3 Å². The summed E-state index contributed by atoms with van der Waals surface area (Å²) in [6.45, 7) is 0. The molecule has 8 nitrogen and oxygen atoms in total. The molecule has 0 aromatic heterocycles. The van der Waals surface area contributed by atoms with Gasteiger partial charge in [0.2, 0.25) is 5.91 Å². The number of carbonyl (C=O) groups is 2. The Hall–Kier alpha value is -4.44. The van der Waals surface area contributed by atoms with E-state index in [0.29, 0.717) is 22.5 Å². The van der Waals surface area contributed by atoms with Crippen LogP contribution in [0.4, 0.5) is 21.5 Å². The van der Waals surface area contributed by atoms with Crippen molar-refractivity contribution in [2.75, 3.05) is 10.6 Å². The third-order valence-corrected chi connectivity index (χ3v) is 4.46. The van der Waals surface area contributed by atoms with Crippen LogP contribution in [0.15, 0.2) is 78.9 Å². The van der Waals surface area contributed by atoms with Crippen LogP contribution in [0.2, 0.25) is 0 Å². The monoisotopic (exact) mass is 464 g/mol. The molecule has 0 aliphatic carbocycles. The van der Waals surface area contributed by atoms with Gasteiger partial charge in [-0.05, 0) is 78.5 Å². The van der Waals surface area contributed by atoms with Gasteiger partial charge >= 0.3 is 0 Å². The van der Waals surface area contributed by atoms with E-state index in [2.05, 4.69) is 16.0 Å². The smallest absolute Gasteiger partial charge is 0.269 e. The lowest BCUT2D eigenvalue weighted by atomic mass is 10.2. The summed E-state index contributed by atoms with van der Waals surface area (Å²) in [6.07, 6.45) is 2.73. The van der Waals surface area contributed by atoms with Crippen molar-refractivity contribution < 1.29 is 18.9 Å². The second-order valence-electron chi connectivity index (χ2n) is 6.67. The number of carbonyl (C=O) groups excluding carboxylic acids is 2. The third kappa shape index (κ3) is 7.04. The van der Waals surface area contributed by atoms with Crippen molar-refractivity contribution in [2.24, 2.45) is 0 Å². The molecule has 3 N–H and O–H groups in total. The van der Waals surface area contributed by atoms with Gasteiger partial charge in [-0.1, -0.05) is 6.07 Å². The van der Waals surface area contributed by atoms with E-state index in [4.69, 9.17) is 12.2 Å². The van der Waals surface area contributed by atoms with Gasteiger partial charge in [0.05, 0.1) is 4.92 Å². The summed E-state index contributed by atoms with van der Waals surface area (Å²) in [5, 5.41) is 18.6. The number of thiocarbonyl (C=S) groups is 1. The third-order valence-electron chi connectivity index (χ3n) is 4.25. The molecular weight excluding hydrogens is 447 g/mol. The molecular formula is C23H17FN4O4S. The number of rotatable bonds is 6. The summed E-state index contributed by atoms with van der Waals surface area (Å²) in [7, 11) is 0. The van der Waals surface area contributed by atoms with Gasteiger partial charge in [0.15, 0.2) is 5.11 Å². The van der Waals surface area contributed by atoms with Gasteiger partial charge < -0.3 is 10.6 Å². The van der Waals surface area contributed by atoms with Gasteiger partial charge in [-0.15, -0.1) is 0 Å². The van der Waals surface area contributed by atoms with Crippen LogP contribution in [0.5, 0.6) is 0 Å². The number of anilines is 2. The number of halogens is 1. The van der Waals surface area contributed by atoms with Crippen molar-refractivity contribution in [1.82, 2.24) is 5.32 Å². The van der Waals surface area contributed by atoms with E-state index in [1.807, 2.05) is 0 Å². The van der Waals surface area contributed by atoms with Crippen LogP contribution in [0.3, 0.4) is 0 Å². The van der Waals surface area contributed by atoms with Gasteiger partial charge in [0, 0.05) is 35.1 Å². The molecule has 0 atom stereocenters. The SMILES string of the molecule is O=C(/C=C/c1ccc([N+](=O)[O-])cc1)NC(=S)Nc1cccc(C(=O)Nc2ccc(F)cc2)c1. The van der Waals surface area contributed by atoms with Crippen molar-refractivity contribution in [2.45, 2.75) is 0 Å². The highest BCUT2D eigenvalue weighted by atomic mass is 32.1. The summed E-state index contributed by atoms with van der Waals surface area (Å²) < 4.78 is 13.0. The van der Waals surface area contributed by atoms with E-state index in [9.17, 15) is 24.1 Å². The molecule has 0 bridgehead atoms. The first-order chi connectivity index (χ1) is 15.8. The lowest BCUT2D eigenvalue weighted by Crippen LogP contribution is -2.32. The number of non-ortho nitro benzene ring substituents is 1. The molecule has 0 fully saturated rings. The lowest BCUT2D eigenvalue weighted by molar-refractivity contribution is -0.384. The van der Waals surface area contributed by atoms with E-state index in [-0.39, 0.29) is 10.8 Å². The molecule has 0 unspecified atom stereocenters. The Balaban J connectivity index is 1.55. The minimum Gasteiger partial charge on any atom is -0.332 e. The standard InChI is InChI=1S/C23H17FN4O4S/c24-17-7-9-18(10-8-17)25-22(30)16-2-1-3-19(14-16)26-23(33)27-21(29)13-6-15-4-11-20(12-5-15)28(31)32/h1-14H,(H,25,30)(H2,26,27,29,33)/b13-6+. The Morgan fingerprint density at radius 3 is 2.30 bits per heavy atom. The fourth-order valence-corrected chi connectivity index (χ4v) is 2.89. The quantitative estimate of drug-likeness (QED) is 0.214. The maximum absolute atomic E-state index is 13.0. The number of nitrogens with one attached hydrogen (secondary N) is 3. The number of amides is 2. The first kappa shape index (κ1) is 23.2. The van der Waals surface area contributed by atoms with Gasteiger partial charge in [0.1, 0.15) is 5.82 Å². The zero-order chi connectivity index (χ0) is 23.8. The maximum atomic E-state index is 13.0. The first-order valence-electron chi connectivity index (χ1n) is 9.51. The number of nitro groups is 1. The lowest BCUT2D eigenvalue weighted by Gasteiger charge is -2.10. The summed E-state index contributed by atoms with van der Waals surface area (Å²) in [5.74, 6) is -1.31. The molecule has 0 radical (unpaired) electrons. The first-order valence-corrected chi connectivity index (χ1v) is 9.92. The van der Waals surface area contributed by atoms with Gasteiger partial charge in [0.25, 0.3) is 11.6 Å². The van der Waals surface area contributed by atoms with E-state index < -0.39 is 22.6 Å². The highest BCUT2D eigenvalue weighted by molar-refractivity contribution is 7.80. The summed E-state index contributed by atoms with van der Waals surface area (Å²) >= 11 is 5.13. The zero-order valence-electron chi connectivity index (χ0n) is 16.9. The molecule has 3 aromatic rings. The number of hydrogen-bond acceptors (Lipinski definition) is 5. The summed E-state index contributed by atoms with van der Waals surface area (Å²) in [6, 6.07) is 17.5. The zero-order valence-corrected chi connectivity index (χ0v) is 17.8. The predicted molar refractivity (Wildman–Crippen MR) is 127 cm³/mol. The molecule has 2 amide bonds. The molecule has 0 aliphatic rings. The Bertz CT molecular complexity index is 1230. The Morgan fingerprint density at radius 1 is 0.939 bits per heavy atom. The van der Waals surface area contributed by atoms with Gasteiger partial charge in [-0.3, -0.25) is 25.0 Å².